The molecule has 3 rings (SSSR count). The van der Waals surface area contributed by atoms with Gasteiger partial charge in [-0.3, -0.25) is 10.2 Å². The topological polar surface area (TPSA) is 119 Å². The highest BCUT2D eigenvalue weighted by atomic mass is 16.2. The van der Waals surface area contributed by atoms with E-state index in [-0.39, 0.29) is 17.7 Å². The van der Waals surface area contributed by atoms with Crippen LogP contribution in [0.1, 0.15) is 36.6 Å². The van der Waals surface area contributed by atoms with E-state index < -0.39 is 0 Å². The number of hydrogen-bond acceptors (Lipinski definition) is 6. The van der Waals surface area contributed by atoms with Crippen molar-refractivity contribution in [3.63, 3.8) is 0 Å². The second-order valence-corrected chi connectivity index (χ2v) is 7.91. The fourth-order valence-electron chi connectivity index (χ4n) is 3.66. The average Bonchev–Trinajstić information content (AvgIpc) is 2.73. The lowest BCUT2D eigenvalue weighted by molar-refractivity contribution is -0.597. The number of carbonyl (C=O) groups is 1. The molecule has 8 heteroatoms. The molecule has 0 saturated carbocycles. The molecule has 1 amide bonds. The van der Waals surface area contributed by atoms with Crippen LogP contribution in [0.4, 0.5) is 11.6 Å². The molecule has 0 radical (unpaired) electrons. The Morgan fingerprint density at radius 3 is 2.77 bits per heavy atom. The van der Waals surface area contributed by atoms with Crippen molar-refractivity contribution in [2.45, 2.75) is 39.7 Å². The van der Waals surface area contributed by atoms with Crippen LogP contribution in [0.3, 0.4) is 0 Å². The zero-order valence-corrected chi connectivity index (χ0v) is 18.5. The number of carbonyl (C=O) groups excluding carboxylic acids is 1. The summed E-state index contributed by atoms with van der Waals surface area (Å²) in [5, 5.41) is 19.9. The Balaban J connectivity index is 1.74. The van der Waals surface area contributed by atoms with E-state index in [2.05, 4.69) is 32.0 Å². The summed E-state index contributed by atoms with van der Waals surface area (Å²) in [5.41, 5.74) is 4.30. The van der Waals surface area contributed by atoms with E-state index in [9.17, 15) is 4.79 Å². The molecule has 1 aliphatic heterocycles. The first-order valence-electron chi connectivity index (χ1n) is 10.8. The number of nitrogens with zero attached hydrogens (tertiary/aromatic N) is 2. The molecule has 1 fully saturated rings. The van der Waals surface area contributed by atoms with Gasteiger partial charge in [-0.25, -0.2) is 9.97 Å². The van der Waals surface area contributed by atoms with Gasteiger partial charge in [0.2, 0.25) is 5.95 Å². The van der Waals surface area contributed by atoms with Gasteiger partial charge in [0.1, 0.15) is 0 Å². The van der Waals surface area contributed by atoms with E-state index in [0.717, 1.165) is 42.7 Å². The van der Waals surface area contributed by atoms with Crippen LogP contribution in [-0.2, 0) is 4.79 Å². The lowest BCUT2D eigenvalue weighted by atomic mass is 10.1. The highest BCUT2D eigenvalue weighted by Gasteiger charge is 2.21. The number of rotatable bonds is 8. The molecule has 0 unspecified atom stereocenters. The minimum absolute atomic E-state index is 0.122. The van der Waals surface area contributed by atoms with Gasteiger partial charge in [-0.05, 0) is 69.5 Å². The molecule has 0 aliphatic carbocycles. The molecule has 1 aromatic carbocycles. The number of benzene rings is 1. The Bertz CT molecular complexity index is 944. The minimum Gasteiger partial charge on any atom is -0.343 e. The number of nitrogens with one attached hydrogen (secondary N) is 4. The molecule has 0 bridgehead atoms. The number of allylic oxidation sites excluding steroid dienone is 1. The molecule has 1 atom stereocenters. The van der Waals surface area contributed by atoms with Crippen molar-refractivity contribution in [1.82, 2.24) is 20.6 Å². The Labute approximate surface area is 183 Å². The first-order chi connectivity index (χ1) is 14.9. The molecular weight excluding hydrogens is 390 g/mol. The number of likely N-dealkylation sites (N-methyl/N-ethyl adjacent to an activating group) is 1. The summed E-state index contributed by atoms with van der Waals surface area (Å²) in [7, 11) is 0. The second kappa shape index (κ2) is 10.8. The Kier molecular flexibility index (Phi) is 7.86. The van der Waals surface area contributed by atoms with E-state index in [1.807, 2.05) is 38.2 Å². The summed E-state index contributed by atoms with van der Waals surface area (Å²) in [6, 6.07) is 7.94. The largest absolute Gasteiger partial charge is 0.343 e. The molecule has 1 aliphatic rings. The summed E-state index contributed by atoms with van der Waals surface area (Å²) in [6.07, 6.45) is 5.22. The second-order valence-electron chi connectivity index (χ2n) is 7.91. The molecule has 1 saturated heterocycles. The summed E-state index contributed by atoms with van der Waals surface area (Å²) in [4.78, 5) is 21.5. The quantitative estimate of drug-likeness (QED) is 0.327. The third-order valence-corrected chi connectivity index (χ3v) is 5.03. The van der Waals surface area contributed by atoms with E-state index in [1.54, 1.807) is 18.3 Å². The van der Waals surface area contributed by atoms with Gasteiger partial charge in [0, 0.05) is 30.5 Å². The standard InChI is InChI=1S/C23H31N7O/c1-4-26-21(22(31)28-17-6-5-8-25-14-17)13-19(24)20-7-9-27-23(30-20)29-18-11-15(2)10-16(3)12-18/h7,9-13,17,24-26H,4-6,8,14H2,1-3H3,(H,28,31)(H,27,29,30)/p+1/b21-13-,24-19?/t17-/m1/s1. The highest BCUT2D eigenvalue weighted by molar-refractivity contribution is 6.09. The predicted molar refractivity (Wildman–Crippen MR) is 123 cm³/mol. The van der Waals surface area contributed by atoms with Gasteiger partial charge in [0.05, 0.1) is 18.0 Å². The first-order valence-corrected chi connectivity index (χ1v) is 10.8. The molecule has 8 nitrogen and oxygen atoms in total. The average molecular weight is 423 g/mol. The number of nitrogens with two attached hydrogens (primary N) is 1. The number of piperidine rings is 1. The number of quaternary nitrogens is 1. The van der Waals surface area contributed by atoms with Crippen LogP contribution in [0.25, 0.3) is 0 Å². The van der Waals surface area contributed by atoms with Crippen LogP contribution >= 0.6 is 0 Å². The van der Waals surface area contributed by atoms with Gasteiger partial charge in [0.15, 0.2) is 5.70 Å². The van der Waals surface area contributed by atoms with Crippen LogP contribution in [0.5, 0.6) is 0 Å². The van der Waals surface area contributed by atoms with Gasteiger partial charge >= 0.3 is 5.91 Å². The fraction of sp³-hybridized carbons (Fsp3) is 0.391. The van der Waals surface area contributed by atoms with Gasteiger partial charge in [-0.1, -0.05) is 6.07 Å². The molecular formula is C23H32N7O+. The number of aromatic nitrogens is 2. The van der Waals surface area contributed by atoms with Crippen LogP contribution in [-0.4, -0.2) is 47.3 Å². The number of aryl methyl sites for hydroxylation is 2. The van der Waals surface area contributed by atoms with Gasteiger partial charge in [-0.2, -0.15) is 0 Å². The van der Waals surface area contributed by atoms with Crippen molar-refractivity contribution in [2.24, 2.45) is 0 Å². The van der Waals surface area contributed by atoms with Crippen molar-refractivity contribution in [3.8, 4) is 0 Å². The third-order valence-electron chi connectivity index (χ3n) is 5.03. The zero-order chi connectivity index (χ0) is 22.2. The number of amides is 1. The van der Waals surface area contributed by atoms with Crippen molar-refractivity contribution in [2.75, 3.05) is 25.0 Å². The molecule has 1 aromatic heterocycles. The van der Waals surface area contributed by atoms with Crippen molar-refractivity contribution in [1.29, 1.82) is 5.41 Å². The number of hydrogen-bond donors (Lipinski definition) is 5. The SMILES string of the molecule is CC[NH2+]/C(=C\C(=N)c1ccnc(Nc2cc(C)cc(C)c2)n1)C(=O)N[C@@H]1CCCNC1. The summed E-state index contributed by atoms with van der Waals surface area (Å²) in [6.45, 7) is 8.53. The maximum absolute atomic E-state index is 12.8. The summed E-state index contributed by atoms with van der Waals surface area (Å²) >= 11 is 0. The zero-order valence-electron chi connectivity index (χ0n) is 18.5. The summed E-state index contributed by atoms with van der Waals surface area (Å²) < 4.78 is 0. The van der Waals surface area contributed by atoms with E-state index in [0.29, 0.717) is 23.9 Å². The molecule has 0 spiro atoms. The maximum Gasteiger partial charge on any atom is 0.305 e. The van der Waals surface area contributed by atoms with Gasteiger partial charge < -0.3 is 21.3 Å². The third kappa shape index (κ3) is 6.70. The molecule has 31 heavy (non-hydrogen) atoms. The van der Waals surface area contributed by atoms with Crippen molar-refractivity contribution < 1.29 is 10.1 Å². The monoisotopic (exact) mass is 422 g/mol. The maximum atomic E-state index is 12.8. The number of anilines is 2. The molecule has 2 aromatic rings. The molecule has 2 heterocycles. The lowest BCUT2D eigenvalue weighted by Crippen LogP contribution is -2.84. The first kappa shape index (κ1) is 22.6. The normalized spacial score (nSPS) is 16.6. The van der Waals surface area contributed by atoms with Crippen molar-refractivity contribution in [3.05, 3.63) is 59.1 Å². The predicted octanol–water partition coefficient (Wildman–Crippen LogP) is 1.54. The van der Waals surface area contributed by atoms with E-state index >= 15 is 0 Å². The van der Waals surface area contributed by atoms with E-state index in [1.165, 1.54) is 0 Å². The van der Waals surface area contributed by atoms with Gasteiger partial charge in [0.25, 0.3) is 0 Å². The summed E-state index contributed by atoms with van der Waals surface area (Å²) in [5.74, 6) is 0.266. The Morgan fingerprint density at radius 1 is 1.32 bits per heavy atom. The van der Waals surface area contributed by atoms with E-state index in [4.69, 9.17) is 5.41 Å². The molecule has 6 N–H and O–H groups in total. The smallest absolute Gasteiger partial charge is 0.305 e. The van der Waals surface area contributed by atoms with Crippen LogP contribution in [0, 0.1) is 19.3 Å². The Morgan fingerprint density at radius 2 is 2.10 bits per heavy atom. The van der Waals surface area contributed by atoms with Crippen LogP contribution < -0.4 is 21.3 Å². The minimum atomic E-state index is -0.150. The fourth-order valence-corrected chi connectivity index (χ4v) is 3.66. The van der Waals surface area contributed by atoms with Gasteiger partial charge in [-0.15, -0.1) is 0 Å². The highest BCUT2D eigenvalue weighted by Crippen LogP contribution is 2.17. The lowest BCUT2D eigenvalue weighted by Gasteiger charge is -2.23. The Hall–Kier alpha value is -3.10. The molecule has 164 valence electrons. The van der Waals surface area contributed by atoms with Crippen LogP contribution in [0.2, 0.25) is 0 Å². The van der Waals surface area contributed by atoms with Crippen LogP contribution in [0.15, 0.2) is 42.2 Å². The van der Waals surface area contributed by atoms with Crippen molar-refractivity contribution >= 4 is 23.3 Å².